The van der Waals surface area contributed by atoms with Crippen LogP contribution in [0.1, 0.15) is 10.4 Å². The van der Waals surface area contributed by atoms with Crippen molar-refractivity contribution < 1.29 is 14.3 Å². The molecule has 0 spiro atoms. The largest absolute Gasteiger partial charge is 0.497 e. The van der Waals surface area contributed by atoms with Crippen molar-refractivity contribution in [1.82, 2.24) is 4.98 Å². The molecule has 0 saturated carbocycles. The molecule has 4 aromatic rings. The van der Waals surface area contributed by atoms with Crippen LogP contribution < -0.4 is 14.8 Å². The van der Waals surface area contributed by atoms with Gasteiger partial charge in [-0.15, -0.1) is 11.3 Å². The molecule has 0 unspecified atom stereocenters. The number of ether oxygens (including phenoxy) is 2. The summed E-state index contributed by atoms with van der Waals surface area (Å²) < 4.78 is 11.7. The van der Waals surface area contributed by atoms with Gasteiger partial charge in [-0.1, -0.05) is 12.1 Å². The fourth-order valence-electron chi connectivity index (χ4n) is 2.87. The third kappa shape index (κ3) is 3.54. The van der Waals surface area contributed by atoms with Crippen LogP contribution in [0, 0.1) is 0 Å². The first kappa shape index (κ1) is 18.0. The van der Waals surface area contributed by atoms with E-state index in [1.807, 2.05) is 42.5 Å². The fraction of sp³-hybridized carbons (Fsp3) is 0.0909. The van der Waals surface area contributed by atoms with E-state index in [1.165, 1.54) is 0 Å². The van der Waals surface area contributed by atoms with Gasteiger partial charge in [0.05, 0.1) is 30.1 Å². The molecule has 0 radical (unpaired) electrons. The number of nitrogens with zero attached hydrogens (tertiary/aromatic N) is 1. The summed E-state index contributed by atoms with van der Waals surface area (Å²) in [5.74, 6) is 1.07. The molecule has 0 aliphatic rings. The minimum absolute atomic E-state index is 0.220. The topological polar surface area (TPSA) is 60.5 Å². The highest BCUT2D eigenvalue weighted by atomic mass is 32.1. The highest BCUT2D eigenvalue weighted by Crippen LogP contribution is 2.35. The molecule has 1 aromatic heterocycles. The van der Waals surface area contributed by atoms with E-state index < -0.39 is 0 Å². The molecule has 0 aliphatic carbocycles. The smallest absolute Gasteiger partial charge is 0.255 e. The number of anilines is 1. The summed E-state index contributed by atoms with van der Waals surface area (Å²) in [6, 6.07) is 20.6. The van der Waals surface area contributed by atoms with Gasteiger partial charge in [0.25, 0.3) is 5.91 Å². The average Bonchev–Trinajstić information content (AvgIpc) is 3.18. The van der Waals surface area contributed by atoms with E-state index in [1.54, 1.807) is 49.8 Å². The zero-order valence-electron chi connectivity index (χ0n) is 15.4. The van der Waals surface area contributed by atoms with Crippen molar-refractivity contribution in [2.75, 3.05) is 19.5 Å². The number of thiazole rings is 1. The molecular formula is C22H18N2O3S. The first-order chi connectivity index (χ1) is 13.7. The summed E-state index contributed by atoms with van der Waals surface area (Å²) in [6.45, 7) is 0. The highest BCUT2D eigenvalue weighted by molar-refractivity contribution is 7.21. The lowest BCUT2D eigenvalue weighted by molar-refractivity contribution is 0.102. The predicted octanol–water partition coefficient (Wildman–Crippen LogP) is 5.23. The molecule has 3 aromatic carbocycles. The third-order valence-corrected chi connectivity index (χ3v) is 5.43. The molecule has 5 nitrogen and oxygen atoms in total. The van der Waals surface area contributed by atoms with Gasteiger partial charge in [-0.2, -0.15) is 0 Å². The van der Waals surface area contributed by atoms with E-state index in [2.05, 4.69) is 10.3 Å². The minimum Gasteiger partial charge on any atom is -0.497 e. The SMILES string of the molecule is COc1ccc(C(=O)Nc2cc(-c3nc4ccccc4s3)ccc2OC)cc1. The molecule has 4 rings (SSSR count). The fourth-order valence-corrected chi connectivity index (χ4v) is 3.83. The molecule has 0 aliphatic heterocycles. The summed E-state index contributed by atoms with van der Waals surface area (Å²) in [5.41, 5.74) is 3.02. The number of nitrogens with one attached hydrogen (secondary N) is 1. The lowest BCUT2D eigenvalue weighted by Gasteiger charge is -2.12. The zero-order valence-corrected chi connectivity index (χ0v) is 16.2. The first-order valence-electron chi connectivity index (χ1n) is 8.67. The second-order valence-electron chi connectivity index (χ2n) is 6.08. The van der Waals surface area contributed by atoms with Gasteiger partial charge in [-0.3, -0.25) is 4.79 Å². The van der Waals surface area contributed by atoms with Gasteiger partial charge in [-0.05, 0) is 54.6 Å². The van der Waals surface area contributed by atoms with Crippen LogP contribution in [0.2, 0.25) is 0 Å². The van der Waals surface area contributed by atoms with Crippen molar-refractivity contribution in [1.29, 1.82) is 0 Å². The molecule has 0 fully saturated rings. The molecule has 0 bridgehead atoms. The van der Waals surface area contributed by atoms with Crippen molar-refractivity contribution in [3.63, 3.8) is 0 Å². The Kier molecular flexibility index (Phi) is 4.95. The van der Waals surface area contributed by atoms with Crippen LogP contribution in [0.3, 0.4) is 0 Å². The summed E-state index contributed by atoms with van der Waals surface area (Å²) in [5, 5.41) is 3.82. The van der Waals surface area contributed by atoms with Gasteiger partial charge >= 0.3 is 0 Å². The lowest BCUT2D eigenvalue weighted by atomic mass is 10.1. The second-order valence-corrected chi connectivity index (χ2v) is 7.12. The van der Waals surface area contributed by atoms with Crippen molar-refractivity contribution in [3.05, 3.63) is 72.3 Å². The second kappa shape index (κ2) is 7.70. The van der Waals surface area contributed by atoms with E-state index >= 15 is 0 Å². The summed E-state index contributed by atoms with van der Waals surface area (Å²) in [7, 11) is 3.17. The van der Waals surface area contributed by atoms with Crippen LogP contribution in [0.25, 0.3) is 20.8 Å². The number of carbonyl (C=O) groups is 1. The van der Waals surface area contributed by atoms with Gasteiger partial charge in [0, 0.05) is 11.1 Å². The van der Waals surface area contributed by atoms with Gasteiger partial charge in [0.2, 0.25) is 0 Å². The number of methoxy groups -OCH3 is 2. The molecule has 28 heavy (non-hydrogen) atoms. The van der Waals surface area contributed by atoms with E-state index in [9.17, 15) is 4.79 Å². The Morgan fingerprint density at radius 3 is 2.46 bits per heavy atom. The Morgan fingerprint density at radius 2 is 1.75 bits per heavy atom. The normalized spacial score (nSPS) is 10.6. The zero-order chi connectivity index (χ0) is 19.5. The van der Waals surface area contributed by atoms with Gasteiger partial charge in [0.1, 0.15) is 16.5 Å². The number of hydrogen-bond donors (Lipinski definition) is 1. The van der Waals surface area contributed by atoms with Crippen molar-refractivity contribution in [2.24, 2.45) is 0 Å². The van der Waals surface area contributed by atoms with E-state index in [-0.39, 0.29) is 5.91 Å². The van der Waals surface area contributed by atoms with Gasteiger partial charge in [-0.25, -0.2) is 4.98 Å². The maximum atomic E-state index is 12.7. The number of carbonyl (C=O) groups excluding carboxylic acids is 1. The molecular weight excluding hydrogens is 372 g/mol. The maximum Gasteiger partial charge on any atom is 0.255 e. The van der Waals surface area contributed by atoms with E-state index in [0.717, 1.165) is 20.8 Å². The number of hydrogen-bond acceptors (Lipinski definition) is 5. The summed E-state index contributed by atoms with van der Waals surface area (Å²) in [4.78, 5) is 17.3. The molecule has 1 N–H and O–H groups in total. The van der Waals surface area contributed by atoms with Crippen LogP contribution in [0.5, 0.6) is 11.5 Å². The third-order valence-electron chi connectivity index (χ3n) is 4.34. The Labute approximate surface area is 166 Å². The van der Waals surface area contributed by atoms with Gasteiger partial charge in [0.15, 0.2) is 0 Å². The Morgan fingerprint density at radius 1 is 0.964 bits per heavy atom. The van der Waals surface area contributed by atoms with Crippen LogP contribution in [-0.4, -0.2) is 25.1 Å². The summed E-state index contributed by atoms with van der Waals surface area (Å²) in [6.07, 6.45) is 0. The first-order valence-corrected chi connectivity index (χ1v) is 9.49. The van der Waals surface area contributed by atoms with Crippen LogP contribution in [0.15, 0.2) is 66.7 Å². The Bertz CT molecular complexity index is 1100. The predicted molar refractivity (Wildman–Crippen MR) is 113 cm³/mol. The van der Waals surface area contributed by atoms with Crippen molar-refractivity contribution in [2.45, 2.75) is 0 Å². The number of benzene rings is 3. The highest BCUT2D eigenvalue weighted by Gasteiger charge is 2.13. The van der Waals surface area contributed by atoms with Crippen molar-refractivity contribution in [3.8, 4) is 22.1 Å². The maximum absolute atomic E-state index is 12.7. The number of fused-ring (bicyclic) bond motifs is 1. The monoisotopic (exact) mass is 390 g/mol. The molecule has 6 heteroatoms. The summed E-state index contributed by atoms with van der Waals surface area (Å²) >= 11 is 1.61. The Balaban J connectivity index is 1.65. The van der Waals surface area contributed by atoms with E-state index in [4.69, 9.17) is 9.47 Å². The van der Waals surface area contributed by atoms with Crippen LogP contribution in [-0.2, 0) is 0 Å². The lowest BCUT2D eigenvalue weighted by Crippen LogP contribution is -2.12. The van der Waals surface area contributed by atoms with Crippen LogP contribution in [0.4, 0.5) is 5.69 Å². The minimum atomic E-state index is -0.220. The molecule has 0 atom stereocenters. The standard InChI is InChI=1S/C22H18N2O3S/c1-26-16-10-7-14(8-11-16)21(25)23-18-13-15(9-12-19(18)27-2)22-24-17-5-3-4-6-20(17)28-22/h3-13H,1-2H3,(H,23,25). The quantitative estimate of drug-likeness (QED) is 0.507. The molecule has 1 heterocycles. The van der Waals surface area contributed by atoms with E-state index in [0.29, 0.717) is 22.7 Å². The molecule has 140 valence electrons. The molecule has 1 amide bonds. The van der Waals surface area contributed by atoms with Crippen molar-refractivity contribution >= 4 is 33.1 Å². The average molecular weight is 390 g/mol. The number of rotatable bonds is 5. The molecule has 0 saturated heterocycles. The number of aromatic nitrogens is 1. The van der Waals surface area contributed by atoms with Crippen LogP contribution >= 0.6 is 11.3 Å². The van der Waals surface area contributed by atoms with Gasteiger partial charge < -0.3 is 14.8 Å². The number of amides is 1. The number of para-hydroxylation sites is 1. The Hall–Kier alpha value is -3.38.